The van der Waals surface area contributed by atoms with Gasteiger partial charge >= 0.3 is 0 Å². The van der Waals surface area contributed by atoms with Crippen molar-refractivity contribution >= 4 is 21.6 Å². The Morgan fingerprint density at radius 2 is 1.50 bits per heavy atom. The Morgan fingerprint density at radius 3 is 2.12 bits per heavy atom. The zero-order chi connectivity index (χ0) is 24.3. The van der Waals surface area contributed by atoms with E-state index < -0.39 is 10.0 Å². The summed E-state index contributed by atoms with van der Waals surface area (Å²) in [6.07, 6.45) is 3.81. The fourth-order valence-corrected chi connectivity index (χ4v) is 6.55. The minimum Gasteiger partial charge on any atom is -0.370 e. The van der Waals surface area contributed by atoms with E-state index in [4.69, 9.17) is 0 Å². The highest BCUT2D eigenvalue weighted by Gasteiger charge is 2.32. The number of hydrogen-bond donors (Lipinski definition) is 1. The molecule has 1 atom stereocenters. The molecule has 2 heterocycles. The number of benzene rings is 2. The molecular formula is C27H37N3O3S. The summed E-state index contributed by atoms with van der Waals surface area (Å²) in [5, 5.41) is 3.02. The van der Waals surface area contributed by atoms with Crippen molar-refractivity contribution in [2.75, 3.05) is 31.1 Å². The Labute approximate surface area is 204 Å². The van der Waals surface area contributed by atoms with Gasteiger partial charge in [-0.1, -0.05) is 44.2 Å². The topological polar surface area (TPSA) is 69.7 Å². The average molecular weight is 484 g/mol. The highest BCUT2D eigenvalue weighted by atomic mass is 32.2. The molecule has 7 heteroatoms. The van der Waals surface area contributed by atoms with Gasteiger partial charge in [-0.3, -0.25) is 4.79 Å². The van der Waals surface area contributed by atoms with E-state index in [1.165, 1.54) is 0 Å². The van der Waals surface area contributed by atoms with Crippen LogP contribution in [0.3, 0.4) is 0 Å². The Hall–Kier alpha value is -2.38. The summed E-state index contributed by atoms with van der Waals surface area (Å²) in [7, 11) is -3.70. The molecule has 1 unspecified atom stereocenters. The van der Waals surface area contributed by atoms with Crippen molar-refractivity contribution < 1.29 is 13.2 Å². The molecule has 2 aromatic rings. The summed E-state index contributed by atoms with van der Waals surface area (Å²) in [5.41, 5.74) is 2.10. The SMILES string of the molecule is CC1CCN(c2ccc(C(=O)NC(C)c3ccccc3)cc2S(=O)(=O)N2CCC(C)CC2)CC1. The number of sulfonamides is 1. The molecule has 2 aromatic carbocycles. The minimum absolute atomic E-state index is 0.180. The number of hydrogen-bond acceptors (Lipinski definition) is 4. The molecule has 2 saturated heterocycles. The molecule has 184 valence electrons. The maximum atomic E-state index is 13.8. The monoisotopic (exact) mass is 483 g/mol. The first kappa shape index (κ1) is 24.7. The van der Waals surface area contributed by atoms with Gasteiger partial charge in [0.15, 0.2) is 0 Å². The lowest BCUT2D eigenvalue weighted by molar-refractivity contribution is 0.0939. The van der Waals surface area contributed by atoms with Crippen LogP contribution >= 0.6 is 0 Å². The zero-order valence-corrected chi connectivity index (χ0v) is 21.4. The molecular weight excluding hydrogens is 446 g/mol. The van der Waals surface area contributed by atoms with E-state index in [1.807, 2.05) is 43.3 Å². The molecule has 6 nitrogen and oxygen atoms in total. The van der Waals surface area contributed by atoms with Crippen LogP contribution in [0, 0.1) is 11.8 Å². The van der Waals surface area contributed by atoms with Crippen LogP contribution in [0.15, 0.2) is 53.4 Å². The smallest absolute Gasteiger partial charge is 0.251 e. The number of piperidine rings is 2. The summed E-state index contributed by atoms with van der Waals surface area (Å²) in [5.74, 6) is 0.911. The van der Waals surface area contributed by atoms with Crippen molar-refractivity contribution in [1.82, 2.24) is 9.62 Å². The highest BCUT2D eigenvalue weighted by molar-refractivity contribution is 7.89. The standard InChI is InChI=1S/C27H37N3O3S/c1-20-11-15-29(16-12-20)25-10-9-24(27(31)28-22(3)23-7-5-4-6-8-23)19-26(25)34(32,33)30-17-13-21(2)14-18-30/h4-10,19-22H,11-18H2,1-3H3,(H,28,31). The van der Waals surface area contributed by atoms with Crippen molar-refractivity contribution in [1.29, 1.82) is 0 Å². The quantitative estimate of drug-likeness (QED) is 0.639. The molecule has 0 saturated carbocycles. The summed E-state index contributed by atoms with van der Waals surface area (Å²) in [6, 6.07) is 14.8. The third-order valence-electron chi connectivity index (χ3n) is 7.35. The lowest BCUT2D eigenvalue weighted by Crippen LogP contribution is -2.40. The van der Waals surface area contributed by atoms with Gasteiger partial charge in [0.05, 0.1) is 11.7 Å². The van der Waals surface area contributed by atoms with E-state index in [0.29, 0.717) is 30.5 Å². The third kappa shape index (κ3) is 5.47. The Balaban J connectivity index is 1.65. The second kappa shape index (κ2) is 10.5. The van der Waals surface area contributed by atoms with Gasteiger partial charge < -0.3 is 10.2 Å². The number of carbonyl (C=O) groups excluding carboxylic acids is 1. The molecule has 0 aliphatic carbocycles. The summed E-state index contributed by atoms with van der Waals surface area (Å²) < 4.78 is 29.2. The molecule has 1 N–H and O–H groups in total. The first-order chi connectivity index (χ1) is 16.3. The lowest BCUT2D eigenvalue weighted by atomic mass is 9.98. The molecule has 2 aliphatic heterocycles. The maximum Gasteiger partial charge on any atom is 0.251 e. The van der Waals surface area contributed by atoms with E-state index in [0.717, 1.165) is 50.0 Å². The van der Waals surface area contributed by atoms with Crippen LogP contribution in [0.5, 0.6) is 0 Å². The zero-order valence-electron chi connectivity index (χ0n) is 20.5. The maximum absolute atomic E-state index is 13.8. The molecule has 1 amide bonds. The second-order valence-electron chi connectivity index (χ2n) is 10.0. The first-order valence-corrected chi connectivity index (χ1v) is 13.9. The molecule has 0 bridgehead atoms. The fourth-order valence-electron chi connectivity index (χ4n) is 4.84. The number of amides is 1. The van der Waals surface area contributed by atoms with Gasteiger partial charge in [0.1, 0.15) is 4.90 Å². The Bertz CT molecular complexity index is 1090. The predicted molar refractivity (Wildman–Crippen MR) is 137 cm³/mol. The highest BCUT2D eigenvalue weighted by Crippen LogP contribution is 2.34. The third-order valence-corrected chi connectivity index (χ3v) is 9.28. The van der Waals surface area contributed by atoms with Crippen LogP contribution in [0.1, 0.15) is 68.4 Å². The molecule has 0 aromatic heterocycles. The van der Waals surface area contributed by atoms with Crippen molar-refractivity contribution in [3.8, 4) is 0 Å². The molecule has 0 radical (unpaired) electrons. The van der Waals surface area contributed by atoms with Gasteiger partial charge in [-0.05, 0) is 68.2 Å². The van der Waals surface area contributed by atoms with Gasteiger partial charge in [-0.15, -0.1) is 0 Å². The van der Waals surface area contributed by atoms with Crippen LogP contribution in [-0.4, -0.2) is 44.8 Å². The number of nitrogens with zero attached hydrogens (tertiary/aromatic N) is 2. The number of anilines is 1. The van der Waals surface area contributed by atoms with Gasteiger partial charge in [-0.25, -0.2) is 8.42 Å². The lowest BCUT2D eigenvalue weighted by Gasteiger charge is -2.35. The van der Waals surface area contributed by atoms with Gasteiger partial charge in [0.25, 0.3) is 5.91 Å². The predicted octanol–water partition coefficient (Wildman–Crippen LogP) is 4.83. The molecule has 2 fully saturated rings. The molecule has 2 aliphatic rings. The minimum atomic E-state index is -3.70. The van der Waals surface area contributed by atoms with Gasteiger partial charge in [0, 0.05) is 31.7 Å². The summed E-state index contributed by atoms with van der Waals surface area (Å²) in [6.45, 7) is 9.06. The van der Waals surface area contributed by atoms with E-state index in [2.05, 4.69) is 24.1 Å². The second-order valence-corrected chi connectivity index (χ2v) is 12.0. The largest absolute Gasteiger partial charge is 0.370 e. The van der Waals surface area contributed by atoms with Gasteiger partial charge in [-0.2, -0.15) is 4.31 Å². The molecule has 34 heavy (non-hydrogen) atoms. The van der Waals surface area contributed by atoms with E-state index in [9.17, 15) is 13.2 Å². The normalized spacial score (nSPS) is 19.7. The summed E-state index contributed by atoms with van der Waals surface area (Å²) >= 11 is 0. The van der Waals surface area contributed by atoms with Gasteiger partial charge in [0.2, 0.25) is 10.0 Å². The van der Waals surface area contributed by atoms with Crippen LogP contribution < -0.4 is 10.2 Å². The van der Waals surface area contributed by atoms with Crippen molar-refractivity contribution in [2.45, 2.75) is 57.4 Å². The average Bonchev–Trinajstić information content (AvgIpc) is 2.85. The first-order valence-electron chi connectivity index (χ1n) is 12.5. The number of carbonyl (C=O) groups is 1. The molecule has 0 spiro atoms. The number of rotatable bonds is 6. The van der Waals surface area contributed by atoms with Crippen LogP contribution in [0.25, 0.3) is 0 Å². The van der Waals surface area contributed by atoms with E-state index in [1.54, 1.807) is 16.4 Å². The van der Waals surface area contributed by atoms with Crippen LogP contribution in [0.2, 0.25) is 0 Å². The van der Waals surface area contributed by atoms with Crippen molar-refractivity contribution in [2.24, 2.45) is 11.8 Å². The molecule has 4 rings (SSSR count). The van der Waals surface area contributed by atoms with Crippen molar-refractivity contribution in [3.05, 3.63) is 59.7 Å². The number of nitrogens with one attached hydrogen (secondary N) is 1. The Morgan fingerprint density at radius 1 is 0.912 bits per heavy atom. The fraction of sp³-hybridized carbons (Fsp3) is 0.519. The van der Waals surface area contributed by atoms with E-state index in [-0.39, 0.29) is 16.8 Å². The Kier molecular flexibility index (Phi) is 7.63. The van der Waals surface area contributed by atoms with Crippen LogP contribution in [-0.2, 0) is 10.0 Å². The van der Waals surface area contributed by atoms with Crippen molar-refractivity contribution in [3.63, 3.8) is 0 Å². The van der Waals surface area contributed by atoms with Crippen LogP contribution in [0.4, 0.5) is 5.69 Å². The summed E-state index contributed by atoms with van der Waals surface area (Å²) in [4.78, 5) is 15.6. The van der Waals surface area contributed by atoms with E-state index >= 15 is 0 Å².